The van der Waals surface area contributed by atoms with Gasteiger partial charge in [0.05, 0.1) is 36.5 Å². The Balaban J connectivity index is 2.15. The Kier molecular flexibility index (Phi) is 5.95. The lowest BCUT2D eigenvalue weighted by atomic mass is 10.0. The fraction of sp³-hybridized carbons (Fsp3) is 0.400. The van der Waals surface area contributed by atoms with Gasteiger partial charge < -0.3 is 15.2 Å². The Labute approximate surface area is 182 Å². The van der Waals surface area contributed by atoms with Crippen molar-refractivity contribution in [1.29, 1.82) is 0 Å². The van der Waals surface area contributed by atoms with Crippen LogP contribution in [-0.2, 0) is 20.8 Å². The minimum absolute atomic E-state index is 0.00941. The first-order chi connectivity index (χ1) is 14.4. The predicted molar refractivity (Wildman–Crippen MR) is 109 cm³/mol. The van der Waals surface area contributed by atoms with E-state index in [0.29, 0.717) is 5.56 Å². The number of aromatic nitrogens is 2. The number of nitrogens with zero attached hydrogens (tertiary/aromatic N) is 3. The molecule has 9 nitrogen and oxygen atoms in total. The topological polar surface area (TPSA) is 117 Å². The van der Waals surface area contributed by atoms with Crippen molar-refractivity contribution in [2.75, 3.05) is 13.7 Å². The summed E-state index contributed by atoms with van der Waals surface area (Å²) in [5.41, 5.74) is 5.52. The number of fused-ring (bicyclic) bond motifs is 1. The first-order valence-electron chi connectivity index (χ1n) is 9.35. The second-order valence-electron chi connectivity index (χ2n) is 8.01. The highest BCUT2D eigenvalue weighted by Gasteiger charge is 2.39. The third-order valence-electron chi connectivity index (χ3n) is 4.60. The number of rotatable bonds is 3. The summed E-state index contributed by atoms with van der Waals surface area (Å²) >= 11 is 5.88. The smallest absolute Gasteiger partial charge is 0.410 e. The van der Waals surface area contributed by atoms with Gasteiger partial charge in [0.25, 0.3) is 5.91 Å². The monoisotopic (exact) mass is 452 g/mol. The number of benzene rings is 1. The summed E-state index contributed by atoms with van der Waals surface area (Å²) in [5, 5.41) is 4.22. The van der Waals surface area contributed by atoms with Gasteiger partial charge in [-0.3, -0.25) is 14.4 Å². The zero-order chi connectivity index (χ0) is 23.1. The van der Waals surface area contributed by atoms with E-state index < -0.39 is 35.4 Å². The van der Waals surface area contributed by atoms with Gasteiger partial charge in [-0.1, -0.05) is 11.6 Å². The Morgan fingerprint density at radius 2 is 1.97 bits per heavy atom. The number of ether oxygens (including phenoxy) is 2. The van der Waals surface area contributed by atoms with E-state index in [0.717, 1.165) is 6.07 Å². The summed E-state index contributed by atoms with van der Waals surface area (Å²) in [6, 6.07) is 2.78. The van der Waals surface area contributed by atoms with Gasteiger partial charge in [0.2, 0.25) is 0 Å². The van der Waals surface area contributed by atoms with Crippen molar-refractivity contribution in [3.05, 3.63) is 40.3 Å². The van der Waals surface area contributed by atoms with Gasteiger partial charge in [-0.15, -0.1) is 0 Å². The molecule has 11 heteroatoms. The average molecular weight is 453 g/mol. The Morgan fingerprint density at radius 1 is 1.29 bits per heavy atom. The molecule has 0 spiro atoms. The van der Waals surface area contributed by atoms with Gasteiger partial charge in [-0.2, -0.15) is 5.10 Å². The van der Waals surface area contributed by atoms with E-state index in [-0.39, 0.29) is 35.1 Å². The molecule has 0 radical (unpaired) electrons. The molecule has 0 bridgehead atoms. The highest BCUT2D eigenvalue weighted by Crippen LogP contribution is 2.34. The number of methoxy groups -OCH3 is 1. The molecule has 0 fully saturated rings. The maximum atomic E-state index is 13.6. The summed E-state index contributed by atoms with van der Waals surface area (Å²) in [4.78, 5) is 38.7. The lowest BCUT2D eigenvalue weighted by molar-refractivity contribution is -0.146. The van der Waals surface area contributed by atoms with E-state index in [1.807, 2.05) is 0 Å². The minimum Gasteiger partial charge on any atom is -0.467 e. The van der Waals surface area contributed by atoms with Gasteiger partial charge >= 0.3 is 12.1 Å². The fourth-order valence-electron chi connectivity index (χ4n) is 3.29. The van der Waals surface area contributed by atoms with Crippen LogP contribution in [0, 0.1) is 5.82 Å². The maximum absolute atomic E-state index is 13.6. The molecule has 166 valence electrons. The highest BCUT2D eigenvalue weighted by atomic mass is 35.5. The van der Waals surface area contributed by atoms with Crippen LogP contribution in [-0.4, -0.2) is 51.9 Å². The first-order valence-corrected chi connectivity index (χ1v) is 9.73. The largest absolute Gasteiger partial charge is 0.467 e. The predicted octanol–water partition coefficient (Wildman–Crippen LogP) is 2.91. The van der Waals surface area contributed by atoms with Crippen LogP contribution in [0.25, 0.3) is 11.3 Å². The molecule has 2 amide bonds. The Hall–Kier alpha value is -3.14. The van der Waals surface area contributed by atoms with E-state index in [1.54, 1.807) is 20.8 Å². The van der Waals surface area contributed by atoms with Crippen LogP contribution in [0.15, 0.2) is 18.2 Å². The van der Waals surface area contributed by atoms with Crippen molar-refractivity contribution in [3.63, 3.8) is 0 Å². The van der Waals surface area contributed by atoms with Crippen molar-refractivity contribution >= 4 is 29.6 Å². The van der Waals surface area contributed by atoms with Gasteiger partial charge in [0.15, 0.2) is 6.04 Å². The summed E-state index contributed by atoms with van der Waals surface area (Å²) in [6.45, 7) is 4.97. The van der Waals surface area contributed by atoms with Gasteiger partial charge in [0.1, 0.15) is 17.1 Å². The summed E-state index contributed by atoms with van der Waals surface area (Å²) in [6.07, 6.45) is -0.671. The third kappa shape index (κ3) is 4.48. The number of carbonyl (C=O) groups is 3. The van der Waals surface area contributed by atoms with Crippen molar-refractivity contribution in [1.82, 2.24) is 14.7 Å². The number of esters is 1. The average Bonchev–Trinajstić information content (AvgIpc) is 3.07. The molecule has 31 heavy (non-hydrogen) atoms. The van der Waals surface area contributed by atoms with Crippen LogP contribution < -0.4 is 5.73 Å². The van der Waals surface area contributed by atoms with E-state index >= 15 is 0 Å². The van der Waals surface area contributed by atoms with Gasteiger partial charge in [-0.05, 0) is 39.0 Å². The molecule has 0 aliphatic carbocycles. The zero-order valence-corrected chi connectivity index (χ0v) is 18.2. The lowest BCUT2D eigenvalue weighted by Crippen LogP contribution is -2.46. The standard InChI is InChI=1S/C20H22ClFN4O5/c1-20(2,3)31-19(29)25-8-13-15(17(23)27)16(10-5-6-12(22)11(21)7-10)24-26(13)14(9-25)18(28)30-4/h5-7,14H,8-9H2,1-4H3,(H2,23,27). The number of hydrogen-bond acceptors (Lipinski definition) is 6. The summed E-state index contributed by atoms with van der Waals surface area (Å²) in [7, 11) is 1.20. The number of hydrogen-bond donors (Lipinski definition) is 1. The number of amides is 2. The van der Waals surface area contributed by atoms with Crippen molar-refractivity contribution in [2.24, 2.45) is 5.73 Å². The molecule has 0 saturated carbocycles. The summed E-state index contributed by atoms with van der Waals surface area (Å²) < 4.78 is 25.2. The van der Waals surface area contributed by atoms with Crippen molar-refractivity contribution < 1.29 is 28.2 Å². The molecule has 1 aromatic carbocycles. The quantitative estimate of drug-likeness (QED) is 0.715. The maximum Gasteiger partial charge on any atom is 0.410 e. The van der Waals surface area contributed by atoms with Crippen molar-refractivity contribution in [3.8, 4) is 11.3 Å². The normalized spacial score (nSPS) is 15.9. The highest BCUT2D eigenvalue weighted by molar-refractivity contribution is 6.31. The number of carbonyl (C=O) groups excluding carboxylic acids is 3. The molecular formula is C20H22ClFN4O5. The third-order valence-corrected chi connectivity index (χ3v) is 4.89. The van der Waals surface area contributed by atoms with Gasteiger partial charge in [-0.25, -0.2) is 14.0 Å². The van der Waals surface area contributed by atoms with E-state index in [9.17, 15) is 18.8 Å². The van der Waals surface area contributed by atoms with Crippen LogP contribution >= 0.6 is 11.6 Å². The molecule has 1 aliphatic heterocycles. The molecule has 2 aromatic rings. The van der Waals surface area contributed by atoms with Crippen molar-refractivity contribution in [2.45, 2.75) is 39.0 Å². The van der Waals surface area contributed by atoms with Gasteiger partial charge in [0, 0.05) is 5.56 Å². The van der Waals surface area contributed by atoms with Crippen LogP contribution in [0.4, 0.5) is 9.18 Å². The summed E-state index contributed by atoms with van der Waals surface area (Å²) in [5.74, 6) is -2.14. The molecule has 1 unspecified atom stereocenters. The first kappa shape index (κ1) is 22.5. The SMILES string of the molecule is COC(=O)C1CN(C(=O)OC(C)(C)C)Cc2c(C(N)=O)c(-c3ccc(F)c(Cl)c3)nn21. The number of halogens is 2. The van der Waals surface area contributed by atoms with E-state index in [4.69, 9.17) is 26.8 Å². The van der Waals surface area contributed by atoms with E-state index in [1.165, 1.54) is 28.8 Å². The molecule has 1 atom stereocenters. The zero-order valence-electron chi connectivity index (χ0n) is 17.4. The molecule has 3 rings (SSSR count). The number of primary amides is 1. The Morgan fingerprint density at radius 3 is 2.52 bits per heavy atom. The van der Waals surface area contributed by atoms with Crippen LogP contribution in [0.5, 0.6) is 0 Å². The molecule has 2 heterocycles. The lowest BCUT2D eigenvalue weighted by Gasteiger charge is -2.34. The van der Waals surface area contributed by atoms with Crippen LogP contribution in [0.3, 0.4) is 0 Å². The molecule has 0 saturated heterocycles. The minimum atomic E-state index is -1.04. The molecular weight excluding hydrogens is 431 g/mol. The van der Waals surface area contributed by atoms with Crippen LogP contribution in [0.1, 0.15) is 42.9 Å². The Bertz CT molecular complexity index is 1060. The second-order valence-corrected chi connectivity index (χ2v) is 8.42. The molecule has 1 aliphatic rings. The fourth-order valence-corrected chi connectivity index (χ4v) is 3.47. The van der Waals surface area contributed by atoms with Crippen LogP contribution in [0.2, 0.25) is 5.02 Å². The van der Waals surface area contributed by atoms with E-state index in [2.05, 4.69) is 5.10 Å². The molecule has 2 N–H and O–H groups in total. The molecule has 1 aromatic heterocycles. The number of nitrogens with two attached hydrogens (primary N) is 1. The second kappa shape index (κ2) is 8.18.